The normalized spacial score (nSPS) is 11.8. The van der Waals surface area contributed by atoms with Gasteiger partial charge in [-0.2, -0.15) is 0 Å². The van der Waals surface area contributed by atoms with Crippen LogP contribution in [0.3, 0.4) is 0 Å². The predicted octanol–water partition coefficient (Wildman–Crippen LogP) is 1.06. The minimum atomic E-state index is -1.14. The molecule has 1 aromatic carbocycles. The second-order valence-corrected chi connectivity index (χ2v) is 2.94. The lowest BCUT2D eigenvalue weighted by atomic mass is 10.2. The maximum Gasteiger partial charge on any atom is 0.344 e. The maximum absolute atomic E-state index is 10.6. The molecule has 0 heterocycles. The highest BCUT2D eigenvalue weighted by Crippen LogP contribution is 2.23. The number of phenols is 1. The zero-order chi connectivity index (χ0) is 11.4. The van der Waals surface area contributed by atoms with Crippen molar-refractivity contribution >= 4 is 12.3 Å². The monoisotopic (exact) mass is 210 g/mol. The van der Waals surface area contributed by atoms with Gasteiger partial charge in [-0.1, -0.05) is 0 Å². The largest absolute Gasteiger partial charge is 0.508 e. The quantitative estimate of drug-likeness (QED) is 0.726. The van der Waals surface area contributed by atoms with E-state index in [-0.39, 0.29) is 17.1 Å². The van der Waals surface area contributed by atoms with Gasteiger partial charge in [-0.15, -0.1) is 0 Å². The SMILES string of the molecule is CC(Oc1cc(O)ccc1C=O)C(=O)O. The summed E-state index contributed by atoms with van der Waals surface area (Å²) in [6.07, 6.45) is -0.547. The first-order valence-electron chi connectivity index (χ1n) is 4.22. The number of carbonyl (C=O) groups excluding carboxylic acids is 1. The Kier molecular flexibility index (Phi) is 3.28. The molecule has 0 aliphatic rings. The van der Waals surface area contributed by atoms with Crippen molar-refractivity contribution in [3.05, 3.63) is 23.8 Å². The number of carbonyl (C=O) groups is 2. The average molecular weight is 210 g/mol. The van der Waals surface area contributed by atoms with Gasteiger partial charge in [0.25, 0.3) is 0 Å². The van der Waals surface area contributed by atoms with Gasteiger partial charge in [0.1, 0.15) is 11.5 Å². The van der Waals surface area contributed by atoms with E-state index in [0.717, 1.165) is 0 Å². The third-order valence-corrected chi connectivity index (χ3v) is 1.78. The molecule has 5 heteroatoms. The van der Waals surface area contributed by atoms with Crippen LogP contribution < -0.4 is 4.74 Å². The number of benzene rings is 1. The minimum Gasteiger partial charge on any atom is -0.508 e. The van der Waals surface area contributed by atoms with Gasteiger partial charge in [0, 0.05) is 6.07 Å². The fourth-order valence-corrected chi connectivity index (χ4v) is 0.963. The number of carboxylic acid groups (broad SMARTS) is 1. The number of aromatic hydroxyl groups is 1. The molecule has 0 saturated heterocycles. The summed E-state index contributed by atoms with van der Waals surface area (Å²) in [4.78, 5) is 21.1. The van der Waals surface area contributed by atoms with Crippen molar-refractivity contribution in [3.63, 3.8) is 0 Å². The van der Waals surface area contributed by atoms with Crippen LogP contribution in [0.5, 0.6) is 11.5 Å². The highest BCUT2D eigenvalue weighted by Gasteiger charge is 2.14. The van der Waals surface area contributed by atoms with Crippen LogP contribution in [0.25, 0.3) is 0 Å². The molecule has 0 amide bonds. The highest BCUT2D eigenvalue weighted by molar-refractivity contribution is 5.80. The molecule has 1 unspecified atom stereocenters. The third kappa shape index (κ3) is 2.70. The summed E-state index contributed by atoms with van der Waals surface area (Å²) in [5.74, 6) is -1.18. The number of rotatable bonds is 4. The summed E-state index contributed by atoms with van der Waals surface area (Å²) in [6.45, 7) is 1.33. The first kappa shape index (κ1) is 11.0. The van der Waals surface area contributed by atoms with E-state index in [1.807, 2.05) is 0 Å². The number of aliphatic carboxylic acids is 1. The zero-order valence-electron chi connectivity index (χ0n) is 8.01. The van der Waals surface area contributed by atoms with Gasteiger partial charge in [0.05, 0.1) is 5.56 Å². The van der Waals surface area contributed by atoms with E-state index in [2.05, 4.69) is 0 Å². The Hall–Kier alpha value is -2.04. The second-order valence-electron chi connectivity index (χ2n) is 2.94. The summed E-state index contributed by atoms with van der Waals surface area (Å²) in [5.41, 5.74) is 0.195. The Morgan fingerprint density at radius 3 is 2.73 bits per heavy atom. The number of aldehydes is 1. The van der Waals surface area contributed by atoms with Crippen molar-refractivity contribution in [1.29, 1.82) is 0 Å². The molecule has 5 nitrogen and oxygen atoms in total. The molecule has 0 radical (unpaired) electrons. The molecular formula is C10H10O5. The van der Waals surface area contributed by atoms with Crippen molar-refractivity contribution in [2.75, 3.05) is 0 Å². The maximum atomic E-state index is 10.6. The average Bonchev–Trinajstić information content (AvgIpc) is 2.18. The third-order valence-electron chi connectivity index (χ3n) is 1.78. The first-order valence-corrected chi connectivity index (χ1v) is 4.22. The van der Waals surface area contributed by atoms with Gasteiger partial charge in [-0.3, -0.25) is 4.79 Å². The number of carboxylic acids is 1. The fourth-order valence-electron chi connectivity index (χ4n) is 0.963. The van der Waals surface area contributed by atoms with Gasteiger partial charge < -0.3 is 14.9 Å². The summed E-state index contributed by atoms with van der Waals surface area (Å²) in [6, 6.07) is 3.87. The number of ether oxygens (including phenoxy) is 1. The van der Waals surface area contributed by atoms with E-state index < -0.39 is 12.1 Å². The highest BCUT2D eigenvalue weighted by atomic mass is 16.5. The number of hydrogen-bond acceptors (Lipinski definition) is 4. The van der Waals surface area contributed by atoms with E-state index in [1.54, 1.807) is 0 Å². The molecule has 0 fully saturated rings. The Morgan fingerprint density at radius 2 is 2.20 bits per heavy atom. The van der Waals surface area contributed by atoms with Gasteiger partial charge in [0.2, 0.25) is 0 Å². The smallest absolute Gasteiger partial charge is 0.344 e. The van der Waals surface area contributed by atoms with Gasteiger partial charge in [-0.25, -0.2) is 4.79 Å². The summed E-state index contributed by atoms with van der Waals surface area (Å²) >= 11 is 0. The zero-order valence-corrected chi connectivity index (χ0v) is 8.01. The molecule has 0 aliphatic carbocycles. The van der Waals surface area contributed by atoms with Crippen LogP contribution in [0.15, 0.2) is 18.2 Å². The molecule has 1 rings (SSSR count). The Morgan fingerprint density at radius 1 is 1.53 bits per heavy atom. The Bertz CT molecular complexity index is 385. The molecule has 0 saturated carbocycles. The van der Waals surface area contributed by atoms with Crippen molar-refractivity contribution in [1.82, 2.24) is 0 Å². The molecule has 0 spiro atoms. The summed E-state index contributed by atoms with van der Waals surface area (Å²) in [5, 5.41) is 17.7. The minimum absolute atomic E-state index is 0.0555. The van der Waals surface area contributed by atoms with E-state index in [9.17, 15) is 9.59 Å². The van der Waals surface area contributed by atoms with Crippen LogP contribution in [0.2, 0.25) is 0 Å². The second kappa shape index (κ2) is 4.45. The molecule has 0 aromatic heterocycles. The molecule has 1 aromatic rings. The summed E-state index contributed by atoms with van der Waals surface area (Å²) < 4.78 is 4.99. The van der Waals surface area contributed by atoms with Crippen molar-refractivity contribution in [3.8, 4) is 11.5 Å². The Balaban J connectivity index is 2.96. The molecule has 0 aliphatic heterocycles. The number of phenolic OH excluding ortho intramolecular Hbond substituents is 1. The van der Waals surface area contributed by atoms with Gasteiger partial charge >= 0.3 is 5.97 Å². The predicted molar refractivity (Wildman–Crippen MR) is 51.2 cm³/mol. The van der Waals surface area contributed by atoms with Crippen LogP contribution in [-0.4, -0.2) is 28.6 Å². The van der Waals surface area contributed by atoms with Crippen LogP contribution in [-0.2, 0) is 4.79 Å². The van der Waals surface area contributed by atoms with E-state index >= 15 is 0 Å². The summed E-state index contributed by atoms with van der Waals surface area (Å²) in [7, 11) is 0. The van der Waals surface area contributed by atoms with Crippen molar-refractivity contribution in [2.24, 2.45) is 0 Å². The molecule has 0 bridgehead atoms. The van der Waals surface area contributed by atoms with E-state index in [4.69, 9.17) is 14.9 Å². The standard InChI is InChI=1S/C10H10O5/c1-6(10(13)14)15-9-4-8(12)3-2-7(9)5-11/h2-6,12H,1H3,(H,13,14). The van der Waals surface area contributed by atoms with Crippen LogP contribution >= 0.6 is 0 Å². The molecule has 15 heavy (non-hydrogen) atoms. The van der Waals surface area contributed by atoms with Crippen LogP contribution in [0, 0.1) is 0 Å². The molecule has 2 N–H and O–H groups in total. The van der Waals surface area contributed by atoms with Gasteiger partial charge in [0.15, 0.2) is 12.4 Å². The first-order chi connectivity index (χ1) is 7.04. The topological polar surface area (TPSA) is 83.8 Å². The van der Waals surface area contributed by atoms with Crippen molar-refractivity contribution < 1.29 is 24.5 Å². The lowest BCUT2D eigenvalue weighted by molar-refractivity contribution is -0.144. The molecule has 1 atom stereocenters. The molecular weight excluding hydrogens is 200 g/mol. The van der Waals surface area contributed by atoms with Gasteiger partial charge in [-0.05, 0) is 19.1 Å². The molecule has 80 valence electrons. The van der Waals surface area contributed by atoms with E-state index in [0.29, 0.717) is 6.29 Å². The van der Waals surface area contributed by atoms with Crippen LogP contribution in [0.1, 0.15) is 17.3 Å². The lowest BCUT2D eigenvalue weighted by Crippen LogP contribution is -2.23. The van der Waals surface area contributed by atoms with E-state index in [1.165, 1.54) is 25.1 Å². The van der Waals surface area contributed by atoms with Crippen molar-refractivity contribution in [2.45, 2.75) is 13.0 Å². The Labute approximate surface area is 85.9 Å². The fraction of sp³-hybridized carbons (Fsp3) is 0.200. The van der Waals surface area contributed by atoms with Crippen LogP contribution in [0.4, 0.5) is 0 Å². The number of hydrogen-bond donors (Lipinski definition) is 2. The lowest BCUT2D eigenvalue weighted by Gasteiger charge is -2.12.